The lowest BCUT2D eigenvalue weighted by Gasteiger charge is -2.25. The van der Waals surface area contributed by atoms with Crippen molar-refractivity contribution in [1.29, 1.82) is 0 Å². The van der Waals surface area contributed by atoms with E-state index in [0.29, 0.717) is 29.2 Å². The van der Waals surface area contributed by atoms with Gasteiger partial charge in [0.25, 0.3) is 0 Å². The summed E-state index contributed by atoms with van der Waals surface area (Å²) in [6, 6.07) is 1.80. The Morgan fingerprint density at radius 3 is 2.39 bits per heavy atom. The van der Waals surface area contributed by atoms with E-state index in [4.69, 9.17) is 18.9 Å². The van der Waals surface area contributed by atoms with Crippen LogP contribution < -0.4 is 14.2 Å². The van der Waals surface area contributed by atoms with Gasteiger partial charge in [0.2, 0.25) is 5.75 Å². The van der Waals surface area contributed by atoms with Crippen molar-refractivity contribution in [2.24, 2.45) is 0 Å². The molecule has 0 aliphatic carbocycles. The number of fused-ring (bicyclic) bond motifs is 1. The second kappa shape index (κ2) is 4.76. The van der Waals surface area contributed by atoms with Gasteiger partial charge in [-0.25, -0.2) is 4.79 Å². The topological polar surface area (TPSA) is 54.0 Å². The molecule has 0 bridgehead atoms. The van der Waals surface area contributed by atoms with Crippen LogP contribution in [-0.4, -0.2) is 33.4 Å². The highest BCUT2D eigenvalue weighted by molar-refractivity contribution is 5.97. The van der Waals surface area contributed by atoms with Crippen molar-refractivity contribution in [2.75, 3.05) is 21.3 Å². The Hall–Kier alpha value is -1.91. The van der Waals surface area contributed by atoms with Gasteiger partial charge in [-0.3, -0.25) is 0 Å². The molecule has 98 valence electrons. The number of carbonyl (C=O) groups is 1. The molecule has 0 aromatic heterocycles. The van der Waals surface area contributed by atoms with Gasteiger partial charge in [-0.2, -0.15) is 0 Å². The molecular weight excluding hydrogens is 236 g/mol. The number of benzene rings is 1. The molecule has 5 nitrogen and oxygen atoms in total. The summed E-state index contributed by atoms with van der Waals surface area (Å²) in [4.78, 5) is 11.9. The summed E-state index contributed by atoms with van der Waals surface area (Å²) in [7, 11) is 4.54. The maximum absolute atomic E-state index is 11.9. The van der Waals surface area contributed by atoms with Gasteiger partial charge < -0.3 is 18.9 Å². The quantitative estimate of drug-likeness (QED) is 0.768. The highest BCUT2D eigenvalue weighted by Gasteiger charge is 2.31. The molecule has 0 radical (unpaired) electrons. The van der Waals surface area contributed by atoms with E-state index in [1.807, 2.05) is 6.92 Å². The normalized spacial score (nSPS) is 17.8. The summed E-state index contributed by atoms with van der Waals surface area (Å²) in [5.74, 6) is 0.936. The zero-order chi connectivity index (χ0) is 13.3. The minimum atomic E-state index is -0.387. The fourth-order valence-electron chi connectivity index (χ4n) is 2.18. The van der Waals surface area contributed by atoms with Gasteiger partial charge in [-0.05, 0) is 18.6 Å². The Morgan fingerprint density at radius 1 is 1.17 bits per heavy atom. The molecule has 1 aliphatic rings. The average molecular weight is 252 g/mol. The lowest BCUT2D eigenvalue weighted by atomic mass is 9.97. The molecular formula is C13H16O5. The highest BCUT2D eigenvalue weighted by atomic mass is 16.6. The predicted octanol–water partition coefficient (Wildman–Crippen LogP) is 1.81. The SMILES string of the molecule is COc1cc2c(c(OC)c1OC)C(=O)O[C@H](C)C2. The van der Waals surface area contributed by atoms with Crippen molar-refractivity contribution < 1.29 is 23.7 Å². The third kappa shape index (κ3) is 1.85. The van der Waals surface area contributed by atoms with Crippen molar-refractivity contribution in [2.45, 2.75) is 19.4 Å². The zero-order valence-corrected chi connectivity index (χ0v) is 10.9. The summed E-state index contributed by atoms with van der Waals surface area (Å²) in [6.07, 6.45) is 0.491. The maximum Gasteiger partial charge on any atom is 0.342 e. The molecule has 0 unspecified atom stereocenters. The maximum atomic E-state index is 11.9. The molecule has 0 N–H and O–H groups in total. The molecule has 18 heavy (non-hydrogen) atoms. The first-order valence-corrected chi connectivity index (χ1v) is 5.65. The van der Waals surface area contributed by atoms with Gasteiger partial charge in [0.1, 0.15) is 11.7 Å². The van der Waals surface area contributed by atoms with Crippen LogP contribution in [0.1, 0.15) is 22.8 Å². The van der Waals surface area contributed by atoms with Crippen molar-refractivity contribution in [1.82, 2.24) is 0 Å². The second-order valence-electron chi connectivity index (χ2n) is 4.10. The van der Waals surface area contributed by atoms with Crippen LogP contribution in [0, 0.1) is 0 Å². The molecule has 0 saturated heterocycles. The minimum absolute atomic E-state index is 0.146. The number of hydrogen-bond donors (Lipinski definition) is 0. The van der Waals surface area contributed by atoms with Crippen LogP contribution in [0.2, 0.25) is 0 Å². The molecule has 1 aromatic rings. The van der Waals surface area contributed by atoms with Crippen LogP contribution in [0.3, 0.4) is 0 Å². The number of hydrogen-bond acceptors (Lipinski definition) is 5. The summed E-state index contributed by atoms with van der Waals surface area (Å²) in [5, 5.41) is 0. The number of ether oxygens (including phenoxy) is 4. The Morgan fingerprint density at radius 2 is 1.83 bits per heavy atom. The fourth-order valence-corrected chi connectivity index (χ4v) is 2.18. The van der Waals surface area contributed by atoms with E-state index in [2.05, 4.69) is 0 Å². The first kappa shape index (κ1) is 12.5. The molecule has 1 atom stereocenters. The molecule has 0 amide bonds. The Labute approximate surface area is 106 Å². The average Bonchev–Trinajstić information content (AvgIpc) is 2.35. The lowest BCUT2D eigenvalue weighted by molar-refractivity contribution is 0.0295. The second-order valence-corrected chi connectivity index (χ2v) is 4.10. The first-order valence-electron chi connectivity index (χ1n) is 5.65. The number of rotatable bonds is 3. The monoisotopic (exact) mass is 252 g/mol. The van der Waals surface area contributed by atoms with Crippen LogP contribution >= 0.6 is 0 Å². The number of methoxy groups -OCH3 is 3. The summed E-state index contributed by atoms with van der Waals surface area (Å²) < 4.78 is 21.0. The molecule has 5 heteroatoms. The molecule has 0 spiro atoms. The largest absolute Gasteiger partial charge is 0.493 e. The summed E-state index contributed by atoms with van der Waals surface area (Å²) in [5.41, 5.74) is 1.28. The van der Waals surface area contributed by atoms with Crippen molar-refractivity contribution in [3.05, 3.63) is 17.2 Å². The van der Waals surface area contributed by atoms with Crippen LogP contribution in [0.5, 0.6) is 17.2 Å². The van der Waals surface area contributed by atoms with Gasteiger partial charge >= 0.3 is 5.97 Å². The van der Waals surface area contributed by atoms with Crippen molar-refractivity contribution in [3.63, 3.8) is 0 Å². The minimum Gasteiger partial charge on any atom is -0.493 e. The molecule has 0 saturated carbocycles. The van der Waals surface area contributed by atoms with Gasteiger partial charge in [0.15, 0.2) is 11.5 Å². The van der Waals surface area contributed by atoms with Gasteiger partial charge in [0, 0.05) is 6.42 Å². The number of esters is 1. The predicted molar refractivity (Wildman–Crippen MR) is 64.7 cm³/mol. The van der Waals surface area contributed by atoms with Crippen LogP contribution in [-0.2, 0) is 11.2 Å². The van der Waals surface area contributed by atoms with E-state index >= 15 is 0 Å². The van der Waals surface area contributed by atoms with E-state index in [-0.39, 0.29) is 12.1 Å². The van der Waals surface area contributed by atoms with Gasteiger partial charge in [-0.1, -0.05) is 0 Å². The van der Waals surface area contributed by atoms with Gasteiger partial charge in [0.05, 0.1) is 21.3 Å². The van der Waals surface area contributed by atoms with Crippen LogP contribution in [0.15, 0.2) is 6.07 Å². The van der Waals surface area contributed by atoms with E-state index < -0.39 is 0 Å². The Kier molecular flexibility index (Phi) is 3.32. The number of carbonyl (C=O) groups excluding carboxylic acids is 1. The third-order valence-corrected chi connectivity index (χ3v) is 2.93. The standard InChI is InChI=1S/C13H16O5/c1-7-5-8-6-9(15-2)11(16-3)12(17-4)10(8)13(14)18-7/h6-7H,5H2,1-4H3/t7-/m1/s1. The Balaban J connectivity index is 2.68. The molecule has 0 fully saturated rings. The Bertz CT molecular complexity index is 481. The smallest absolute Gasteiger partial charge is 0.342 e. The number of cyclic esters (lactones) is 1. The van der Waals surface area contributed by atoms with E-state index in [0.717, 1.165) is 5.56 Å². The summed E-state index contributed by atoms with van der Waals surface area (Å²) >= 11 is 0. The van der Waals surface area contributed by atoms with E-state index in [1.54, 1.807) is 13.2 Å². The van der Waals surface area contributed by atoms with Crippen LogP contribution in [0.25, 0.3) is 0 Å². The summed E-state index contributed by atoms with van der Waals surface area (Å²) in [6.45, 7) is 1.85. The molecule has 1 heterocycles. The highest BCUT2D eigenvalue weighted by Crippen LogP contribution is 2.43. The van der Waals surface area contributed by atoms with Crippen molar-refractivity contribution in [3.8, 4) is 17.2 Å². The molecule has 1 aliphatic heterocycles. The molecule has 2 rings (SSSR count). The van der Waals surface area contributed by atoms with E-state index in [1.165, 1.54) is 14.2 Å². The first-order chi connectivity index (χ1) is 8.62. The third-order valence-electron chi connectivity index (χ3n) is 2.93. The van der Waals surface area contributed by atoms with E-state index in [9.17, 15) is 4.79 Å². The lowest BCUT2D eigenvalue weighted by Crippen LogP contribution is -2.26. The van der Waals surface area contributed by atoms with Gasteiger partial charge in [-0.15, -0.1) is 0 Å². The zero-order valence-electron chi connectivity index (χ0n) is 10.9. The van der Waals surface area contributed by atoms with Crippen LogP contribution in [0.4, 0.5) is 0 Å². The fraction of sp³-hybridized carbons (Fsp3) is 0.462. The van der Waals surface area contributed by atoms with Crippen molar-refractivity contribution >= 4 is 5.97 Å². The molecule has 1 aromatic carbocycles.